The molecule has 0 N–H and O–H groups in total. The van der Waals surface area contributed by atoms with Crippen LogP contribution in [0.2, 0.25) is 0 Å². The van der Waals surface area contributed by atoms with Gasteiger partial charge in [0, 0.05) is 15.3 Å². The summed E-state index contributed by atoms with van der Waals surface area (Å²) in [7, 11) is -4.64. The van der Waals surface area contributed by atoms with Crippen LogP contribution in [0.5, 0.6) is 0 Å². The van der Waals surface area contributed by atoms with Gasteiger partial charge in [-0.25, -0.2) is 8.42 Å². The maximum absolute atomic E-state index is 11.7. The average molecular weight is 306 g/mol. The molecule has 0 atom stereocenters. The molecule has 0 aliphatic rings. The third-order valence-electron chi connectivity index (χ3n) is 2.92. The molecule has 0 amide bonds. The quantitative estimate of drug-likeness (QED) is 0.819. The maximum Gasteiger partial charge on any atom is 0.297 e. The van der Waals surface area contributed by atoms with E-state index in [2.05, 4.69) is 4.15 Å². The molecule has 0 aliphatic carbocycles. The molecule has 104 valence electrons. The summed E-state index contributed by atoms with van der Waals surface area (Å²) in [6.07, 6.45) is 1.15. The highest BCUT2D eigenvalue weighted by molar-refractivity contribution is 7.93. The van der Waals surface area contributed by atoms with Crippen molar-refractivity contribution in [2.24, 2.45) is 4.15 Å². The van der Waals surface area contributed by atoms with Gasteiger partial charge in [-0.1, -0.05) is 36.4 Å². The number of aryl methyl sites for hydroxylation is 2. The molecule has 0 radical (unpaired) electrons. The van der Waals surface area contributed by atoms with E-state index in [0.29, 0.717) is 0 Å². The molecule has 0 aliphatic heterocycles. The fraction of sp³-hybridized carbons (Fsp3) is 0.200. The van der Waals surface area contributed by atoms with E-state index in [-0.39, 0.29) is 0 Å². The molecule has 3 nitrogen and oxygen atoms in total. The van der Waals surface area contributed by atoms with Crippen molar-refractivity contribution in [1.29, 1.82) is 0 Å². The summed E-state index contributed by atoms with van der Waals surface area (Å²) in [4.78, 5) is 0. The van der Waals surface area contributed by atoms with E-state index in [0.717, 1.165) is 28.0 Å². The van der Waals surface area contributed by atoms with E-state index in [1.807, 2.05) is 62.4 Å². The Bertz CT molecular complexity index is 719. The lowest BCUT2D eigenvalue weighted by molar-refractivity contribution is 0.604. The predicted octanol–water partition coefficient (Wildman–Crippen LogP) is 2.88. The standard InChI is InChI=1S/C15H17NO2PS/c1-12-8-4-6-10-14(12)19(16-20(3,17)18)15-11-7-5-9-13(15)2/h4-11H,1-3H3/q+1. The van der Waals surface area contributed by atoms with Crippen molar-refractivity contribution in [1.82, 2.24) is 0 Å². The molecular weight excluding hydrogens is 289 g/mol. The van der Waals surface area contributed by atoms with Gasteiger partial charge in [-0.3, -0.25) is 0 Å². The fourth-order valence-corrected chi connectivity index (χ4v) is 5.39. The Kier molecular flexibility index (Phi) is 4.36. The smallest absolute Gasteiger partial charge is 0.202 e. The van der Waals surface area contributed by atoms with Gasteiger partial charge in [0.15, 0.2) is 10.6 Å². The number of rotatable bonds is 3. The fourth-order valence-electron chi connectivity index (χ4n) is 1.97. The van der Waals surface area contributed by atoms with Crippen molar-refractivity contribution in [3.05, 3.63) is 59.7 Å². The van der Waals surface area contributed by atoms with E-state index < -0.39 is 17.7 Å². The van der Waals surface area contributed by atoms with Crippen LogP contribution in [0.1, 0.15) is 11.1 Å². The number of sulfonamides is 1. The first-order chi connectivity index (χ1) is 9.38. The van der Waals surface area contributed by atoms with Gasteiger partial charge in [0.2, 0.25) is 0 Å². The lowest BCUT2D eigenvalue weighted by Gasteiger charge is -2.00. The van der Waals surface area contributed by atoms with E-state index in [1.165, 1.54) is 0 Å². The van der Waals surface area contributed by atoms with Crippen LogP contribution in [0.25, 0.3) is 0 Å². The Balaban J connectivity index is 2.74. The SMILES string of the molecule is Cc1ccccc1[P+](=NS(C)(=O)=O)c1ccccc1C. The summed E-state index contributed by atoms with van der Waals surface area (Å²) in [6.45, 7) is 3.97. The summed E-state index contributed by atoms with van der Waals surface area (Å²) in [6, 6.07) is 15.6. The molecule has 0 fully saturated rings. The van der Waals surface area contributed by atoms with Gasteiger partial charge in [0.05, 0.1) is 6.26 Å². The molecule has 5 heteroatoms. The minimum absolute atomic E-state index is 0.988. The maximum atomic E-state index is 11.7. The average Bonchev–Trinajstić information content (AvgIpc) is 2.37. The summed E-state index contributed by atoms with van der Waals surface area (Å²) in [5.41, 5.74) is 2.13. The summed E-state index contributed by atoms with van der Waals surface area (Å²) >= 11 is 0. The molecular formula is C15H17NO2PS+. The van der Waals surface area contributed by atoms with Gasteiger partial charge in [-0.2, -0.15) is 0 Å². The minimum atomic E-state index is -3.40. The number of hydrogen-bond donors (Lipinski definition) is 0. The summed E-state index contributed by atoms with van der Waals surface area (Å²) in [5, 5.41) is 1.98. The van der Waals surface area contributed by atoms with E-state index in [4.69, 9.17) is 0 Å². The zero-order valence-electron chi connectivity index (χ0n) is 11.7. The van der Waals surface area contributed by atoms with Crippen LogP contribution in [0.3, 0.4) is 0 Å². The Morgan fingerprint density at radius 2 is 1.25 bits per heavy atom. The van der Waals surface area contributed by atoms with Crippen LogP contribution < -0.4 is 10.6 Å². The van der Waals surface area contributed by atoms with Crippen LogP contribution in [-0.2, 0) is 10.0 Å². The summed E-state index contributed by atoms with van der Waals surface area (Å²) < 4.78 is 27.4. The van der Waals surface area contributed by atoms with Crippen LogP contribution in [0, 0.1) is 13.8 Å². The second kappa shape index (κ2) is 5.86. The highest BCUT2D eigenvalue weighted by Gasteiger charge is 2.27. The predicted molar refractivity (Wildman–Crippen MR) is 85.8 cm³/mol. The number of hydrogen-bond acceptors (Lipinski definition) is 2. The van der Waals surface area contributed by atoms with Crippen molar-refractivity contribution >= 4 is 28.3 Å². The Hall–Kier alpha value is -1.51. The van der Waals surface area contributed by atoms with E-state index in [1.54, 1.807) is 0 Å². The first-order valence-corrected chi connectivity index (χ1v) is 9.37. The molecule has 0 bridgehead atoms. The van der Waals surface area contributed by atoms with Crippen molar-refractivity contribution in [3.63, 3.8) is 0 Å². The lowest BCUT2D eigenvalue weighted by Crippen LogP contribution is -2.13. The van der Waals surface area contributed by atoms with Crippen molar-refractivity contribution in [2.45, 2.75) is 13.8 Å². The van der Waals surface area contributed by atoms with Gasteiger partial charge < -0.3 is 0 Å². The zero-order chi connectivity index (χ0) is 14.8. The Labute approximate surface area is 121 Å². The number of nitrogens with zero attached hydrogens (tertiary/aromatic N) is 1. The molecule has 0 heterocycles. The minimum Gasteiger partial charge on any atom is -0.202 e. The Morgan fingerprint density at radius 3 is 1.60 bits per heavy atom. The van der Waals surface area contributed by atoms with Gasteiger partial charge in [0.1, 0.15) is 0 Å². The molecule has 2 aromatic carbocycles. The highest BCUT2D eigenvalue weighted by atomic mass is 32.2. The van der Waals surface area contributed by atoms with Gasteiger partial charge >= 0.3 is 0 Å². The van der Waals surface area contributed by atoms with Crippen molar-refractivity contribution in [2.75, 3.05) is 6.26 Å². The zero-order valence-corrected chi connectivity index (χ0v) is 13.4. The summed E-state index contributed by atoms with van der Waals surface area (Å²) in [5.74, 6) is 0. The van der Waals surface area contributed by atoms with Crippen LogP contribution in [-0.4, -0.2) is 14.7 Å². The molecule has 0 spiro atoms. The monoisotopic (exact) mass is 306 g/mol. The second-order valence-electron chi connectivity index (χ2n) is 4.70. The first kappa shape index (κ1) is 14.9. The molecule has 0 aromatic heterocycles. The third kappa shape index (κ3) is 3.53. The van der Waals surface area contributed by atoms with Gasteiger partial charge in [-0.15, -0.1) is 0 Å². The molecule has 20 heavy (non-hydrogen) atoms. The molecule has 2 rings (SSSR count). The third-order valence-corrected chi connectivity index (χ3v) is 6.67. The van der Waals surface area contributed by atoms with Crippen LogP contribution in [0.4, 0.5) is 0 Å². The molecule has 0 unspecified atom stereocenters. The molecule has 0 saturated heterocycles. The number of benzene rings is 2. The lowest BCUT2D eigenvalue weighted by atomic mass is 10.2. The van der Waals surface area contributed by atoms with Crippen molar-refractivity contribution < 1.29 is 8.42 Å². The topological polar surface area (TPSA) is 46.5 Å². The first-order valence-electron chi connectivity index (χ1n) is 6.23. The van der Waals surface area contributed by atoms with Crippen LogP contribution in [0.15, 0.2) is 52.7 Å². The van der Waals surface area contributed by atoms with Crippen LogP contribution >= 0.6 is 7.71 Å². The van der Waals surface area contributed by atoms with Gasteiger partial charge in [0.25, 0.3) is 17.7 Å². The normalized spacial score (nSPS) is 11.2. The van der Waals surface area contributed by atoms with Gasteiger partial charge in [-0.05, 0) is 26.0 Å². The van der Waals surface area contributed by atoms with E-state index in [9.17, 15) is 8.42 Å². The van der Waals surface area contributed by atoms with E-state index >= 15 is 0 Å². The highest BCUT2D eigenvalue weighted by Crippen LogP contribution is 2.29. The molecule has 2 aromatic rings. The molecule has 0 saturated carbocycles. The Morgan fingerprint density at radius 1 is 0.850 bits per heavy atom. The second-order valence-corrected chi connectivity index (χ2v) is 8.41. The largest absolute Gasteiger partial charge is 0.297 e. The van der Waals surface area contributed by atoms with Crippen molar-refractivity contribution in [3.8, 4) is 0 Å².